The van der Waals surface area contributed by atoms with Gasteiger partial charge in [0, 0.05) is 29.0 Å². The molecule has 0 amide bonds. The standard InChI is InChI=1S/C15H13BrN4O/c16-13-5-3-12(4-6-13)15-20-19-14(21-15)10-18-9-11-2-1-7-17-8-11/h1-8,18H,9-10H2. The van der Waals surface area contributed by atoms with Crippen molar-refractivity contribution in [1.29, 1.82) is 0 Å². The van der Waals surface area contributed by atoms with E-state index in [9.17, 15) is 0 Å². The second-order valence-corrected chi connectivity index (χ2v) is 5.39. The Bertz CT molecular complexity index is 697. The third-order valence-corrected chi connectivity index (χ3v) is 3.41. The zero-order chi connectivity index (χ0) is 14.5. The van der Waals surface area contributed by atoms with Crippen molar-refractivity contribution < 1.29 is 4.42 Å². The molecule has 0 atom stereocenters. The summed E-state index contributed by atoms with van der Waals surface area (Å²) in [5.41, 5.74) is 2.02. The van der Waals surface area contributed by atoms with Crippen molar-refractivity contribution in [3.63, 3.8) is 0 Å². The average molecular weight is 345 g/mol. The zero-order valence-corrected chi connectivity index (χ0v) is 12.7. The number of nitrogens with zero attached hydrogens (tertiary/aromatic N) is 3. The third-order valence-electron chi connectivity index (χ3n) is 2.89. The van der Waals surface area contributed by atoms with Crippen LogP contribution >= 0.6 is 15.9 Å². The molecule has 0 spiro atoms. The molecule has 0 saturated carbocycles. The summed E-state index contributed by atoms with van der Waals surface area (Å²) in [5, 5.41) is 11.3. The van der Waals surface area contributed by atoms with E-state index in [0.717, 1.165) is 15.6 Å². The fourth-order valence-corrected chi connectivity index (χ4v) is 2.11. The highest BCUT2D eigenvalue weighted by Gasteiger charge is 2.08. The van der Waals surface area contributed by atoms with Gasteiger partial charge >= 0.3 is 0 Å². The van der Waals surface area contributed by atoms with Crippen LogP contribution in [0.1, 0.15) is 11.5 Å². The molecule has 0 bridgehead atoms. The molecule has 3 rings (SSSR count). The summed E-state index contributed by atoms with van der Waals surface area (Å²) in [4.78, 5) is 4.07. The number of pyridine rings is 1. The van der Waals surface area contributed by atoms with E-state index in [1.165, 1.54) is 0 Å². The monoisotopic (exact) mass is 344 g/mol. The first-order chi connectivity index (χ1) is 10.3. The number of hydrogen-bond donors (Lipinski definition) is 1. The number of nitrogens with one attached hydrogen (secondary N) is 1. The minimum Gasteiger partial charge on any atom is -0.419 e. The summed E-state index contributed by atoms with van der Waals surface area (Å²) in [7, 11) is 0. The van der Waals surface area contributed by atoms with E-state index in [4.69, 9.17) is 4.42 Å². The average Bonchev–Trinajstić information content (AvgIpc) is 2.98. The number of aromatic nitrogens is 3. The zero-order valence-electron chi connectivity index (χ0n) is 11.2. The first-order valence-corrected chi connectivity index (χ1v) is 7.28. The number of rotatable bonds is 5. The van der Waals surface area contributed by atoms with Gasteiger partial charge in [0.05, 0.1) is 6.54 Å². The highest BCUT2D eigenvalue weighted by Crippen LogP contribution is 2.20. The molecule has 21 heavy (non-hydrogen) atoms. The van der Waals surface area contributed by atoms with Crippen LogP contribution in [0.5, 0.6) is 0 Å². The van der Waals surface area contributed by atoms with Crippen molar-refractivity contribution in [3.05, 3.63) is 64.7 Å². The van der Waals surface area contributed by atoms with Crippen LogP contribution < -0.4 is 5.32 Å². The Kier molecular flexibility index (Phi) is 4.37. The predicted octanol–water partition coefficient (Wildman–Crippen LogP) is 3.18. The van der Waals surface area contributed by atoms with Gasteiger partial charge in [0.2, 0.25) is 11.8 Å². The van der Waals surface area contributed by atoms with Crippen molar-refractivity contribution in [1.82, 2.24) is 20.5 Å². The number of benzene rings is 1. The highest BCUT2D eigenvalue weighted by molar-refractivity contribution is 9.10. The summed E-state index contributed by atoms with van der Waals surface area (Å²) in [6.45, 7) is 1.24. The second kappa shape index (κ2) is 6.60. The fourth-order valence-electron chi connectivity index (χ4n) is 1.85. The molecule has 0 aliphatic heterocycles. The summed E-state index contributed by atoms with van der Waals surface area (Å²) in [6, 6.07) is 11.7. The first-order valence-electron chi connectivity index (χ1n) is 6.49. The van der Waals surface area contributed by atoms with E-state index in [2.05, 4.69) is 36.4 Å². The molecule has 3 aromatic rings. The number of halogens is 1. The van der Waals surface area contributed by atoms with Crippen molar-refractivity contribution in [2.75, 3.05) is 0 Å². The summed E-state index contributed by atoms with van der Waals surface area (Å²) < 4.78 is 6.65. The van der Waals surface area contributed by atoms with Crippen molar-refractivity contribution >= 4 is 15.9 Å². The summed E-state index contributed by atoms with van der Waals surface area (Å²) >= 11 is 3.40. The lowest BCUT2D eigenvalue weighted by Gasteiger charge is -2.00. The van der Waals surface area contributed by atoms with Gasteiger partial charge < -0.3 is 9.73 Å². The largest absolute Gasteiger partial charge is 0.419 e. The molecule has 1 aromatic carbocycles. The van der Waals surface area contributed by atoms with E-state index >= 15 is 0 Å². The summed E-state index contributed by atoms with van der Waals surface area (Å²) in [6.07, 6.45) is 3.58. The molecule has 2 aromatic heterocycles. The van der Waals surface area contributed by atoms with E-state index in [0.29, 0.717) is 24.9 Å². The van der Waals surface area contributed by atoms with E-state index in [1.54, 1.807) is 6.20 Å². The lowest BCUT2D eigenvalue weighted by atomic mass is 10.2. The Morgan fingerprint density at radius 3 is 2.67 bits per heavy atom. The maximum absolute atomic E-state index is 5.63. The summed E-state index contributed by atoms with van der Waals surface area (Å²) in [5.74, 6) is 1.09. The second-order valence-electron chi connectivity index (χ2n) is 4.47. The normalized spacial score (nSPS) is 10.7. The lowest BCUT2D eigenvalue weighted by molar-refractivity contribution is 0.477. The minimum atomic E-state index is 0.526. The van der Waals surface area contributed by atoms with E-state index in [-0.39, 0.29) is 0 Å². The lowest BCUT2D eigenvalue weighted by Crippen LogP contribution is -2.12. The quantitative estimate of drug-likeness (QED) is 0.769. The Morgan fingerprint density at radius 2 is 1.90 bits per heavy atom. The van der Waals surface area contributed by atoms with E-state index < -0.39 is 0 Å². The van der Waals surface area contributed by atoms with E-state index in [1.807, 2.05) is 42.6 Å². The van der Waals surface area contributed by atoms with Crippen LogP contribution in [0.4, 0.5) is 0 Å². The molecular weight excluding hydrogens is 332 g/mol. The number of hydrogen-bond acceptors (Lipinski definition) is 5. The Morgan fingerprint density at radius 1 is 1.05 bits per heavy atom. The molecule has 0 saturated heterocycles. The molecule has 5 nitrogen and oxygen atoms in total. The molecule has 0 unspecified atom stereocenters. The van der Waals surface area contributed by atoms with Crippen LogP contribution in [0.15, 0.2) is 57.7 Å². The van der Waals surface area contributed by atoms with Gasteiger partial charge in [0.25, 0.3) is 0 Å². The molecule has 6 heteroatoms. The van der Waals surface area contributed by atoms with Crippen LogP contribution in [0.2, 0.25) is 0 Å². The molecule has 0 radical (unpaired) electrons. The van der Waals surface area contributed by atoms with Gasteiger partial charge in [-0.05, 0) is 35.9 Å². The molecule has 0 aliphatic rings. The minimum absolute atomic E-state index is 0.526. The molecule has 0 fully saturated rings. The van der Waals surface area contributed by atoms with Crippen molar-refractivity contribution in [3.8, 4) is 11.5 Å². The van der Waals surface area contributed by atoms with Gasteiger partial charge in [-0.3, -0.25) is 4.98 Å². The Labute approximate surface area is 130 Å². The van der Waals surface area contributed by atoms with Gasteiger partial charge in [-0.25, -0.2) is 0 Å². The van der Waals surface area contributed by atoms with Gasteiger partial charge in [-0.1, -0.05) is 22.0 Å². The highest BCUT2D eigenvalue weighted by atomic mass is 79.9. The van der Waals surface area contributed by atoms with Gasteiger partial charge in [-0.2, -0.15) is 0 Å². The smallest absolute Gasteiger partial charge is 0.247 e. The molecular formula is C15H13BrN4O. The van der Waals surface area contributed by atoms with Gasteiger partial charge in [0.15, 0.2) is 0 Å². The van der Waals surface area contributed by atoms with Crippen LogP contribution in [-0.4, -0.2) is 15.2 Å². The van der Waals surface area contributed by atoms with Crippen molar-refractivity contribution in [2.45, 2.75) is 13.1 Å². The van der Waals surface area contributed by atoms with Gasteiger partial charge in [0.1, 0.15) is 0 Å². The third kappa shape index (κ3) is 3.74. The molecule has 106 valence electrons. The molecule has 1 N–H and O–H groups in total. The van der Waals surface area contributed by atoms with Gasteiger partial charge in [-0.15, -0.1) is 10.2 Å². The van der Waals surface area contributed by atoms with Crippen LogP contribution in [0.3, 0.4) is 0 Å². The van der Waals surface area contributed by atoms with Crippen molar-refractivity contribution in [2.24, 2.45) is 0 Å². The topological polar surface area (TPSA) is 63.8 Å². The maximum atomic E-state index is 5.63. The maximum Gasteiger partial charge on any atom is 0.247 e. The fraction of sp³-hybridized carbons (Fsp3) is 0.133. The predicted molar refractivity (Wildman–Crippen MR) is 82.2 cm³/mol. The van der Waals surface area contributed by atoms with Crippen LogP contribution in [-0.2, 0) is 13.1 Å². The Hall–Kier alpha value is -2.05. The van der Waals surface area contributed by atoms with Crippen LogP contribution in [0.25, 0.3) is 11.5 Å². The molecule has 0 aliphatic carbocycles. The SMILES string of the molecule is Brc1ccc(-c2nnc(CNCc3cccnc3)o2)cc1. The molecule has 2 heterocycles. The van der Waals surface area contributed by atoms with Crippen LogP contribution in [0, 0.1) is 0 Å². The first kappa shape index (κ1) is 13.9. The Balaban J connectivity index is 1.59.